The molecule has 5 heteroatoms. The maximum atomic E-state index is 6.68. The summed E-state index contributed by atoms with van der Waals surface area (Å²) < 4.78 is 0. The zero-order valence-electron chi connectivity index (χ0n) is 14.9. The van der Waals surface area contributed by atoms with Gasteiger partial charge in [-0.3, -0.25) is 5.73 Å². The molecule has 1 unspecified atom stereocenters. The van der Waals surface area contributed by atoms with Crippen LogP contribution in [0, 0.1) is 0 Å². The van der Waals surface area contributed by atoms with Crippen molar-refractivity contribution >= 4 is 11.8 Å². The second kappa shape index (κ2) is 7.30. The third-order valence-electron chi connectivity index (χ3n) is 4.98. The van der Waals surface area contributed by atoms with Crippen LogP contribution in [0.1, 0.15) is 43.2 Å². The van der Waals surface area contributed by atoms with Crippen LogP contribution in [0.5, 0.6) is 0 Å². The van der Waals surface area contributed by atoms with Crippen molar-refractivity contribution in [3.8, 4) is 0 Å². The Labute approximate surface area is 154 Å². The first kappa shape index (κ1) is 16.8. The van der Waals surface area contributed by atoms with Gasteiger partial charge in [-0.1, -0.05) is 79.9 Å². The minimum absolute atomic E-state index is 0.342. The fourth-order valence-corrected chi connectivity index (χ4v) is 3.58. The molecular weight excluding hydrogens is 322 g/mol. The van der Waals surface area contributed by atoms with Crippen LogP contribution in [-0.2, 0) is 5.79 Å². The molecule has 5 nitrogen and oxygen atoms in total. The number of aliphatic imine (C=N–C) groups is 2. The molecule has 0 amide bonds. The topological polar surface area (TPSA) is 74.8 Å². The van der Waals surface area contributed by atoms with Crippen molar-refractivity contribution in [3.05, 3.63) is 71.8 Å². The molecule has 0 saturated heterocycles. The third-order valence-corrected chi connectivity index (χ3v) is 4.98. The summed E-state index contributed by atoms with van der Waals surface area (Å²) in [5.41, 5.74) is 8.59. The van der Waals surface area contributed by atoms with Gasteiger partial charge in [0, 0.05) is 11.1 Å². The Hall–Kier alpha value is -2.66. The van der Waals surface area contributed by atoms with Crippen LogP contribution in [0.2, 0.25) is 0 Å². The molecule has 134 valence electrons. The van der Waals surface area contributed by atoms with Gasteiger partial charge in [-0.2, -0.15) is 0 Å². The molecule has 1 fully saturated rings. The van der Waals surface area contributed by atoms with Gasteiger partial charge in [-0.15, -0.1) is 0 Å². The first-order valence-corrected chi connectivity index (χ1v) is 9.36. The van der Waals surface area contributed by atoms with Crippen molar-refractivity contribution in [1.82, 2.24) is 10.6 Å². The number of hydrogen-bond donors (Lipinski definition) is 3. The van der Waals surface area contributed by atoms with Crippen LogP contribution in [0.3, 0.4) is 0 Å². The molecule has 0 spiro atoms. The Bertz CT molecular complexity index is 794. The number of nitrogens with one attached hydrogen (secondary N) is 2. The lowest BCUT2D eigenvalue weighted by molar-refractivity contribution is 0.406. The van der Waals surface area contributed by atoms with Crippen molar-refractivity contribution < 1.29 is 0 Å². The number of rotatable bonds is 3. The zero-order chi connectivity index (χ0) is 17.8. The van der Waals surface area contributed by atoms with E-state index in [9.17, 15) is 0 Å². The third kappa shape index (κ3) is 3.63. The van der Waals surface area contributed by atoms with Crippen LogP contribution in [0.4, 0.5) is 0 Å². The van der Waals surface area contributed by atoms with Gasteiger partial charge in [-0.05, 0) is 12.8 Å². The highest BCUT2D eigenvalue weighted by Gasteiger charge is 2.33. The maximum Gasteiger partial charge on any atom is 0.213 e. The van der Waals surface area contributed by atoms with E-state index in [4.69, 9.17) is 15.7 Å². The number of nitrogens with two attached hydrogens (primary N) is 1. The van der Waals surface area contributed by atoms with Crippen LogP contribution >= 0.6 is 0 Å². The van der Waals surface area contributed by atoms with Crippen LogP contribution < -0.4 is 16.4 Å². The van der Waals surface area contributed by atoms with Gasteiger partial charge in [0.05, 0.1) is 6.04 Å². The molecule has 0 radical (unpaired) electrons. The molecule has 0 bridgehead atoms. The Morgan fingerprint density at radius 1 is 0.923 bits per heavy atom. The molecule has 1 heterocycles. The first-order valence-electron chi connectivity index (χ1n) is 9.36. The molecule has 2 aliphatic rings. The summed E-state index contributed by atoms with van der Waals surface area (Å²) in [6.45, 7) is 0. The molecule has 1 atom stereocenters. The summed E-state index contributed by atoms with van der Waals surface area (Å²) in [5, 5.41) is 6.67. The standard InChI is InChI=1S/C21H25N5/c22-21(17-12-6-2-7-13-17)25-19(16-10-4-1-5-11-16)24-20(26-21)23-18-14-8-3-9-15-18/h1-2,4-7,10-13,18H,3,8-9,14-15,22H2,(H2,23,24,25,26). The van der Waals surface area contributed by atoms with E-state index in [1.165, 1.54) is 19.3 Å². The van der Waals surface area contributed by atoms with Crippen LogP contribution in [-0.4, -0.2) is 17.8 Å². The average Bonchev–Trinajstić information content (AvgIpc) is 2.70. The lowest BCUT2D eigenvalue weighted by Gasteiger charge is -2.35. The predicted molar refractivity (Wildman–Crippen MR) is 106 cm³/mol. The summed E-state index contributed by atoms with van der Waals surface area (Å²) in [5.74, 6) is 0.410. The molecule has 0 aromatic heterocycles. The molecule has 26 heavy (non-hydrogen) atoms. The molecule has 2 aromatic carbocycles. The smallest absolute Gasteiger partial charge is 0.213 e. The van der Waals surface area contributed by atoms with Gasteiger partial charge in [0.2, 0.25) is 5.79 Å². The van der Waals surface area contributed by atoms with Crippen LogP contribution in [0.15, 0.2) is 70.6 Å². The number of benzene rings is 2. The average molecular weight is 347 g/mol. The molecule has 1 saturated carbocycles. The van der Waals surface area contributed by atoms with Crippen molar-refractivity contribution in [2.45, 2.75) is 43.9 Å². The Balaban J connectivity index is 1.71. The highest BCUT2D eigenvalue weighted by molar-refractivity contribution is 6.10. The molecule has 4 rings (SSSR count). The second-order valence-electron chi connectivity index (χ2n) is 6.98. The van der Waals surface area contributed by atoms with Gasteiger partial charge in [0.15, 0.2) is 5.96 Å². The highest BCUT2D eigenvalue weighted by atomic mass is 15.4. The summed E-state index contributed by atoms with van der Waals surface area (Å²) in [6.07, 6.45) is 6.06. The summed E-state index contributed by atoms with van der Waals surface area (Å²) in [6, 6.07) is 20.3. The van der Waals surface area contributed by atoms with Gasteiger partial charge in [0.25, 0.3) is 0 Å². The van der Waals surface area contributed by atoms with E-state index >= 15 is 0 Å². The van der Waals surface area contributed by atoms with Crippen molar-refractivity contribution in [2.75, 3.05) is 0 Å². The van der Waals surface area contributed by atoms with E-state index in [0.717, 1.165) is 29.8 Å². The number of guanidine groups is 1. The van der Waals surface area contributed by atoms with E-state index in [1.54, 1.807) is 0 Å². The minimum atomic E-state index is -1.04. The monoisotopic (exact) mass is 347 g/mol. The fraction of sp³-hybridized carbons (Fsp3) is 0.333. The largest absolute Gasteiger partial charge is 0.316 e. The number of hydrogen-bond acceptors (Lipinski definition) is 3. The quantitative estimate of drug-likeness (QED) is 0.799. The second-order valence-corrected chi connectivity index (χ2v) is 6.98. The highest BCUT2D eigenvalue weighted by Crippen LogP contribution is 2.23. The SMILES string of the molecule is NC1(c2ccccc2)N=C(c2ccccc2)NC(=NC2CCCCC2)N1. The van der Waals surface area contributed by atoms with E-state index in [1.807, 2.05) is 60.7 Å². The summed E-state index contributed by atoms with van der Waals surface area (Å²) in [4.78, 5) is 9.71. The van der Waals surface area contributed by atoms with E-state index in [0.29, 0.717) is 12.0 Å². The van der Waals surface area contributed by atoms with Crippen molar-refractivity contribution in [3.63, 3.8) is 0 Å². The normalized spacial score (nSPS) is 25.3. The van der Waals surface area contributed by atoms with Gasteiger partial charge < -0.3 is 10.6 Å². The Morgan fingerprint density at radius 2 is 1.58 bits per heavy atom. The maximum absolute atomic E-state index is 6.68. The van der Waals surface area contributed by atoms with Gasteiger partial charge in [-0.25, -0.2) is 9.98 Å². The Kier molecular flexibility index (Phi) is 4.71. The first-order chi connectivity index (χ1) is 12.7. The molecule has 2 aromatic rings. The van der Waals surface area contributed by atoms with E-state index in [2.05, 4.69) is 10.6 Å². The lowest BCUT2D eigenvalue weighted by atomic mass is 9.96. The fourth-order valence-electron chi connectivity index (χ4n) is 3.58. The Morgan fingerprint density at radius 3 is 2.27 bits per heavy atom. The van der Waals surface area contributed by atoms with Crippen LogP contribution in [0.25, 0.3) is 0 Å². The molecular formula is C21H25N5. The predicted octanol–water partition coefficient (Wildman–Crippen LogP) is 3.08. The number of nitrogens with zero attached hydrogens (tertiary/aromatic N) is 2. The van der Waals surface area contributed by atoms with E-state index in [-0.39, 0.29) is 0 Å². The molecule has 4 N–H and O–H groups in total. The minimum Gasteiger partial charge on any atom is -0.316 e. The number of amidine groups is 1. The van der Waals surface area contributed by atoms with Crippen molar-refractivity contribution in [1.29, 1.82) is 0 Å². The lowest BCUT2D eigenvalue weighted by Crippen LogP contribution is -2.61. The van der Waals surface area contributed by atoms with Gasteiger partial charge >= 0.3 is 0 Å². The van der Waals surface area contributed by atoms with Crippen molar-refractivity contribution in [2.24, 2.45) is 15.7 Å². The zero-order valence-corrected chi connectivity index (χ0v) is 14.9. The summed E-state index contributed by atoms with van der Waals surface area (Å²) >= 11 is 0. The van der Waals surface area contributed by atoms with E-state index < -0.39 is 5.79 Å². The van der Waals surface area contributed by atoms with Gasteiger partial charge in [0.1, 0.15) is 5.84 Å². The molecule has 1 aliphatic heterocycles. The summed E-state index contributed by atoms with van der Waals surface area (Å²) in [7, 11) is 0. The molecule has 1 aliphatic carbocycles.